The summed E-state index contributed by atoms with van der Waals surface area (Å²) in [5.74, 6) is -5.21. The highest BCUT2D eigenvalue weighted by molar-refractivity contribution is 7.13. The first kappa shape index (κ1) is 24.1. The molecule has 8 heteroatoms. The van der Waals surface area contributed by atoms with Crippen molar-refractivity contribution in [2.45, 2.75) is 50.2 Å². The second kappa shape index (κ2) is 10.4. The maximum absolute atomic E-state index is 14.1. The third-order valence-electron chi connectivity index (χ3n) is 5.68. The Balaban J connectivity index is 1.61. The van der Waals surface area contributed by atoms with E-state index in [-0.39, 0.29) is 12.5 Å². The van der Waals surface area contributed by atoms with Crippen LogP contribution in [0, 0.1) is 0 Å². The van der Waals surface area contributed by atoms with Crippen LogP contribution in [0.1, 0.15) is 45.8 Å². The Kier molecular flexibility index (Phi) is 7.79. The zero-order valence-electron chi connectivity index (χ0n) is 18.0. The molecule has 172 valence electrons. The number of amides is 1. The Bertz CT molecular complexity index is 960. The van der Waals surface area contributed by atoms with Gasteiger partial charge in [0.2, 0.25) is 0 Å². The number of aliphatic hydroxyl groups is 1. The molecule has 0 radical (unpaired) electrons. The van der Waals surface area contributed by atoms with Crippen molar-refractivity contribution in [2.24, 2.45) is 0 Å². The van der Waals surface area contributed by atoms with Crippen LogP contribution >= 0.6 is 11.3 Å². The van der Waals surface area contributed by atoms with Gasteiger partial charge < -0.3 is 14.7 Å². The van der Waals surface area contributed by atoms with Gasteiger partial charge in [-0.05, 0) is 30.5 Å². The third kappa shape index (κ3) is 5.61. The average Bonchev–Trinajstić information content (AvgIpc) is 3.35. The number of nitrogens with zero attached hydrogens (tertiary/aromatic N) is 1. The number of benzene rings is 1. The summed E-state index contributed by atoms with van der Waals surface area (Å²) in [6.07, 6.45) is 2.61. The molecule has 0 aliphatic carbocycles. The molecule has 1 N–H and O–H groups in total. The van der Waals surface area contributed by atoms with Crippen molar-refractivity contribution in [3.63, 3.8) is 0 Å². The van der Waals surface area contributed by atoms with E-state index in [0.717, 1.165) is 10.4 Å². The quantitative estimate of drug-likeness (QED) is 0.442. The van der Waals surface area contributed by atoms with Crippen molar-refractivity contribution < 1.29 is 28.2 Å². The van der Waals surface area contributed by atoms with Crippen molar-refractivity contribution in [1.29, 1.82) is 0 Å². The number of hydrogen-bond donors (Lipinski definition) is 1. The summed E-state index contributed by atoms with van der Waals surface area (Å²) >= 11 is 1.29. The van der Waals surface area contributed by atoms with Gasteiger partial charge >= 0.3 is 11.9 Å². The van der Waals surface area contributed by atoms with Gasteiger partial charge in [0.15, 0.2) is 0 Å². The number of thiophene rings is 1. The standard InChI is InChI=1S/C24H27F2NO4S/c1-16(17-7-4-3-5-8-17)20(28)12-10-18-15-24(25,26)23(30)27(18)14-6-9-19-11-13-21(32-19)22(29)31-2/h3-5,7-8,10-13,16,18,20,28H,6,9,14-15H2,1-2H3/b12-10+/t16-,18?,20+/m0/s1. The number of carbonyl (C=O) groups is 2. The zero-order valence-corrected chi connectivity index (χ0v) is 18.9. The molecular formula is C24H27F2NO4S. The molecule has 3 rings (SSSR count). The van der Waals surface area contributed by atoms with Crippen molar-refractivity contribution in [3.05, 3.63) is 69.9 Å². The smallest absolute Gasteiger partial charge is 0.348 e. The van der Waals surface area contributed by atoms with E-state index in [2.05, 4.69) is 4.74 Å². The molecule has 1 aromatic carbocycles. The predicted octanol–water partition coefficient (Wildman–Crippen LogP) is 4.42. The van der Waals surface area contributed by atoms with E-state index in [4.69, 9.17) is 0 Å². The highest BCUT2D eigenvalue weighted by Crippen LogP contribution is 2.35. The molecule has 0 spiro atoms. The van der Waals surface area contributed by atoms with Crippen LogP contribution in [-0.4, -0.2) is 53.6 Å². The fourth-order valence-corrected chi connectivity index (χ4v) is 4.74. The molecule has 32 heavy (non-hydrogen) atoms. The molecular weight excluding hydrogens is 436 g/mol. The van der Waals surface area contributed by atoms with Crippen LogP contribution < -0.4 is 0 Å². The lowest BCUT2D eigenvalue weighted by Gasteiger charge is -2.22. The van der Waals surface area contributed by atoms with E-state index in [1.54, 1.807) is 12.1 Å². The van der Waals surface area contributed by atoms with Gasteiger partial charge in [0.1, 0.15) is 4.88 Å². The highest BCUT2D eigenvalue weighted by Gasteiger charge is 2.52. The minimum Gasteiger partial charge on any atom is -0.465 e. The monoisotopic (exact) mass is 463 g/mol. The van der Waals surface area contributed by atoms with E-state index < -0.39 is 36.4 Å². The number of rotatable bonds is 9. The van der Waals surface area contributed by atoms with E-state index in [9.17, 15) is 23.5 Å². The third-order valence-corrected chi connectivity index (χ3v) is 6.80. The summed E-state index contributed by atoms with van der Waals surface area (Å²) < 4.78 is 32.9. The van der Waals surface area contributed by atoms with Gasteiger partial charge in [-0.15, -0.1) is 11.3 Å². The molecule has 1 aromatic heterocycles. The predicted molar refractivity (Wildman–Crippen MR) is 119 cm³/mol. The van der Waals surface area contributed by atoms with Crippen LogP contribution in [0.3, 0.4) is 0 Å². The number of alkyl halides is 2. The molecule has 1 saturated heterocycles. The molecule has 3 atom stereocenters. The number of hydrogen-bond acceptors (Lipinski definition) is 5. The van der Waals surface area contributed by atoms with Crippen molar-refractivity contribution >= 4 is 23.2 Å². The van der Waals surface area contributed by atoms with Gasteiger partial charge in [0, 0.05) is 23.8 Å². The highest BCUT2D eigenvalue weighted by atomic mass is 32.1. The summed E-state index contributed by atoms with van der Waals surface area (Å²) in [6.45, 7) is 2.03. The number of likely N-dealkylation sites (tertiary alicyclic amines) is 1. The van der Waals surface area contributed by atoms with Gasteiger partial charge in [-0.2, -0.15) is 8.78 Å². The molecule has 1 amide bonds. The van der Waals surface area contributed by atoms with E-state index >= 15 is 0 Å². The summed E-state index contributed by atoms with van der Waals surface area (Å²) in [5.41, 5.74) is 0.941. The number of halogens is 2. The van der Waals surface area contributed by atoms with Crippen LogP contribution in [-0.2, 0) is 16.0 Å². The first-order valence-electron chi connectivity index (χ1n) is 10.5. The van der Waals surface area contributed by atoms with Crippen LogP contribution in [0.5, 0.6) is 0 Å². The average molecular weight is 464 g/mol. The molecule has 1 fully saturated rings. The summed E-state index contributed by atoms with van der Waals surface area (Å²) in [4.78, 5) is 26.4. The van der Waals surface area contributed by atoms with Crippen molar-refractivity contribution in [3.8, 4) is 0 Å². The Labute approximate surface area is 190 Å². The van der Waals surface area contributed by atoms with Crippen LogP contribution in [0.15, 0.2) is 54.6 Å². The van der Waals surface area contributed by atoms with Crippen LogP contribution in [0.4, 0.5) is 8.78 Å². The zero-order chi connectivity index (χ0) is 23.3. The number of ether oxygens (including phenoxy) is 1. The fraction of sp³-hybridized carbons (Fsp3) is 0.417. The summed E-state index contributed by atoms with van der Waals surface area (Å²) in [7, 11) is 1.31. The van der Waals surface area contributed by atoms with Gasteiger partial charge in [0.05, 0.1) is 19.3 Å². The number of aryl methyl sites for hydroxylation is 1. The minimum atomic E-state index is -3.41. The van der Waals surface area contributed by atoms with Crippen LogP contribution in [0.2, 0.25) is 0 Å². The Morgan fingerprint density at radius 1 is 1.31 bits per heavy atom. The second-order valence-electron chi connectivity index (χ2n) is 7.91. The van der Waals surface area contributed by atoms with Crippen LogP contribution in [0.25, 0.3) is 0 Å². The molecule has 5 nitrogen and oxygen atoms in total. The molecule has 1 aliphatic rings. The SMILES string of the molecule is COC(=O)c1ccc(CCCN2C(=O)C(F)(F)CC2/C=C/[C@@H](O)[C@@H](C)c2ccccc2)s1. The maximum Gasteiger partial charge on any atom is 0.348 e. The van der Waals surface area contributed by atoms with Gasteiger partial charge in [-0.3, -0.25) is 4.79 Å². The number of aliphatic hydroxyl groups excluding tert-OH is 1. The molecule has 0 saturated carbocycles. The second-order valence-corrected chi connectivity index (χ2v) is 9.08. The van der Waals surface area contributed by atoms with Crippen molar-refractivity contribution in [2.75, 3.05) is 13.7 Å². The Morgan fingerprint density at radius 3 is 2.72 bits per heavy atom. The topological polar surface area (TPSA) is 66.8 Å². The first-order chi connectivity index (χ1) is 15.2. The number of esters is 1. The normalized spacial score (nSPS) is 20.0. The van der Waals surface area contributed by atoms with E-state index in [1.807, 2.05) is 37.3 Å². The Morgan fingerprint density at radius 2 is 2.03 bits per heavy atom. The van der Waals surface area contributed by atoms with E-state index in [0.29, 0.717) is 17.7 Å². The minimum absolute atomic E-state index is 0.166. The largest absolute Gasteiger partial charge is 0.465 e. The van der Waals surface area contributed by atoms with E-state index in [1.165, 1.54) is 35.5 Å². The lowest BCUT2D eigenvalue weighted by Crippen LogP contribution is -2.36. The summed E-state index contributed by atoms with van der Waals surface area (Å²) in [6, 6.07) is 12.1. The summed E-state index contributed by atoms with van der Waals surface area (Å²) in [5, 5.41) is 10.5. The van der Waals surface area contributed by atoms with Gasteiger partial charge in [-0.1, -0.05) is 49.4 Å². The lowest BCUT2D eigenvalue weighted by atomic mass is 9.94. The molecule has 2 aromatic rings. The molecule has 2 heterocycles. The fourth-order valence-electron chi connectivity index (χ4n) is 3.77. The van der Waals surface area contributed by atoms with Gasteiger partial charge in [-0.25, -0.2) is 4.79 Å². The number of methoxy groups -OCH3 is 1. The van der Waals surface area contributed by atoms with Crippen molar-refractivity contribution in [1.82, 2.24) is 4.90 Å². The molecule has 1 aliphatic heterocycles. The molecule has 0 bridgehead atoms. The maximum atomic E-state index is 14.1. The first-order valence-corrected chi connectivity index (χ1v) is 11.3. The Hall–Kier alpha value is -2.58. The van der Waals surface area contributed by atoms with Gasteiger partial charge in [0.25, 0.3) is 5.91 Å². The number of carbonyl (C=O) groups excluding carboxylic acids is 2. The molecule has 1 unspecified atom stereocenters. The lowest BCUT2D eigenvalue weighted by molar-refractivity contribution is -0.148.